The smallest absolute Gasteiger partial charge is 0.162 e. The Bertz CT molecular complexity index is 1130. The van der Waals surface area contributed by atoms with E-state index in [1.807, 2.05) is 19.1 Å². The number of halogens is 1. The number of hydrogen-bond donors (Lipinski definition) is 1. The van der Waals surface area contributed by atoms with Crippen LogP contribution < -0.4 is 15.4 Å². The molecule has 4 rings (SSSR count). The van der Waals surface area contributed by atoms with Gasteiger partial charge in [-0.15, -0.1) is 0 Å². The fourth-order valence-corrected chi connectivity index (χ4v) is 3.40. The fraction of sp³-hybridized carbons (Fsp3) is 0.304. The van der Waals surface area contributed by atoms with Crippen molar-refractivity contribution < 1.29 is 13.9 Å². The molecule has 1 aliphatic heterocycles. The van der Waals surface area contributed by atoms with Gasteiger partial charge in [0.25, 0.3) is 0 Å². The molecule has 3 heterocycles. The molecular formula is C23H23FN6O2. The summed E-state index contributed by atoms with van der Waals surface area (Å²) >= 11 is 0. The Morgan fingerprint density at radius 1 is 1.22 bits per heavy atom. The van der Waals surface area contributed by atoms with Crippen LogP contribution in [-0.4, -0.2) is 47.8 Å². The van der Waals surface area contributed by atoms with Gasteiger partial charge in [-0.3, -0.25) is 0 Å². The van der Waals surface area contributed by atoms with Crippen molar-refractivity contribution in [3.8, 4) is 29.0 Å². The summed E-state index contributed by atoms with van der Waals surface area (Å²) in [5.74, 6) is 2.17. The van der Waals surface area contributed by atoms with Crippen molar-refractivity contribution in [2.45, 2.75) is 13.1 Å². The van der Waals surface area contributed by atoms with Crippen molar-refractivity contribution in [3.63, 3.8) is 0 Å². The summed E-state index contributed by atoms with van der Waals surface area (Å²) < 4.78 is 25.4. The van der Waals surface area contributed by atoms with E-state index < -0.39 is 6.17 Å². The van der Waals surface area contributed by atoms with E-state index in [0.717, 1.165) is 24.6 Å². The van der Waals surface area contributed by atoms with Crippen LogP contribution in [-0.2, 0) is 4.74 Å². The molecule has 1 aromatic carbocycles. The number of anilines is 1. The third-order valence-electron chi connectivity index (χ3n) is 5.07. The highest BCUT2D eigenvalue weighted by Crippen LogP contribution is 2.34. The lowest BCUT2D eigenvalue weighted by Gasteiger charge is -2.28. The lowest BCUT2D eigenvalue weighted by atomic mass is 10.1. The second-order valence-corrected chi connectivity index (χ2v) is 7.37. The molecule has 0 bridgehead atoms. The predicted octanol–water partition coefficient (Wildman–Crippen LogP) is 3.32. The summed E-state index contributed by atoms with van der Waals surface area (Å²) in [7, 11) is 0. The van der Waals surface area contributed by atoms with Gasteiger partial charge in [-0.1, -0.05) is 0 Å². The highest BCUT2D eigenvalue weighted by atomic mass is 19.1. The van der Waals surface area contributed by atoms with Gasteiger partial charge in [-0.2, -0.15) is 5.26 Å². The third-order valence-corrected chi connectivity index (χ3v) is 5.07. The molecule has 1 atom stereocenters. The number of ether oxygens (including phenoxy) is 2. The van der Waals surface area contributed by atoms with Crippen LogP contribution in [0.3, 0.4) is 0 Å². The molecular weight excluding hydrogens is 411 g/mol. The largest absolute Gasteiger partial charge is 0.456 e. The first-order valence-electron chi connectivity index (χ1n) is 10.3. The molecule has 1 fully saturated rings. The number of pyridine rings is 1. The highest BCUT2D eigenvalue weighted by Gasteiger charge is 2.17. The molecule has 1 saturated heterocycles. The minimum absolute atomic E-state index is 0.138. The van der Waals surface area contributed by atoms with Gasteiger partial charge in [0.1, 0.15) is 23.5 Å². The molecule has 9 heteroatoms. The van der Waals surface area contributed by atoms with Crippen LogP contribution in [0.1, 0.15) is 23.0 Å². The maximum absolute atomic E-state index is 13.8. The van der Waals surface area contributed by atoms with Crippen molar-refractivity contribution in [1.29, 1.82) is 5.26 Å². The molecule has 0 unspecified atom stereocenters. The van der Waals surface area contributed by atoms with E-state index in [4.69, 9.17) is 15.2 Å². The van der Waals surface area contributed by atoms with Crippen molar-refractivity contribution in [2.75, 3.05) is 37.7 Å². The SMILES string of the molecule is Cc1cc(Oc2cc(C#N)ccc2-c2ncc([C@@H](F)CN)cn2)cc(N2CCOCC2)n1. The molecule has 3 aromatic rings. The summed E-state index contributed by atoms with van der Waals surface area (Å²) in [6.45, 7) is 4.57. The van der Waals surface area contributed by atoms with Crippen LogP contribution in [0.25, 0.3) is 11.4 Å². The first-order chi connectivity index (χ1) is 15.6. The van der Waals surface area contributed by atoms with E-state index in [9.17, 15) is 9.65 Å². The van der Waals surface area contributed by atoms with Gasteiger partial charge in [0, 0.05) is 55.4 Å². The minimum atomic E-state index is -1.32. The second-order valence-electron chi connectivity index (χ2n) is 7.37. The van der Waals surface area contributed by atoms with Gasteiger partial charge < -0.3 is 20.1 Å². The van der Waals surface area contributed by atoms with Crippen LogP contribution in [0.2, 0.25) is 0 Å². The zero-order valence-electron chi connectivity index (χ0n) is 17.7. The summed E-state index contributed by atoms with van der Waals surface area (Å²) in [6.07, 6.45) is 1.50. The van der Waals surface area contributed by atoms with E-state index >= 15 is 0 Å². The first kappa shape index (κ1) is 21.6. The maximum atomic E-state index is 13.8. The Morgan fingerprint density at radius 3 is 2.66 bits per heavy atom. The summed E-state index contributed by atoms with van der Waals surface area (Å²) in [5, 5.41) is 9.35. The average Bonchev–Trinajstić information content (AvgIpc) is 2.84. The Balaban J connectivity index is 1.68. The van der Waals surface area contributed by atoms with E-state index in [1.165, 1.54) is 12.4 Å². The predicted molar refractivity (Wildman–Crippen MR) is 117 cm³/mol. The molecule has 1 aliphatic rings. The van der Waals surface area contributed by atoms with E-state index in [-0.39, 0.29) is 6.54 Å². The normalized spacial score (nSPS) is 14.6. The van der Waals surface area contributed by atoms with Gasteiger partial charge in [-0.25, -0.2) is 19.3 Å². The molecule has 0 aliphatic carbocycles. The fourth-order valence-electron chi connectivity index (χ4n) is 3.40. The zero-order valence-corrected chi connectivity index (χ0v) is 17.7. The molecule has 0 amide bonds. The van der Waals surface area contributed by atoms with E-state index in [1.54, 1.807) is 18.2 Å². The standard InChI is InChI=1S/C23H23FN6O2/c1-15-8-18(10-22(29-15)30-4-6-31-7-5-30)32-21-9-16(11-25)2-3-19(21)23-27-13-17(14-28-23)20(24)12-26/h2-3,8-10,13-14,20H,4-7,12,26H2,1H3/t20-/m0/s1. The molecule has 0 saturated carbocycles. The number of benzene rings is 1. The average molecular weight is 434 g/mol. The molecule has 8 nitrogen and oxygen atoms in total. The van der Waals surface area contributed by atoms with Crippen LogP contribution in [0.5, 0.6) is 11.5 Å². The molecule has 164 valence electrons. The van der Waals surface area contributed by atoms with Gasteiger partial charge in [0.05, 0.1) is 30.4 Å². The van der Waals surface area contributed by atoms with Crippen LogP contribution in [0, 0.1) is 18.3 Å². The quantitative estimate of drug-likeness (QED) is 0.629. The summed E-state index contributed by atoms with van der Waals surface area (Å²) in [5.41, 5.74) is 7.51. The van der Waals surface area contributed by atoms with Crippen molar-refractivity contribution in [2.24, 2.45) is 5.73 Å². The van der Waals surface area contributed by atoms with Gasteiger partial charge in [0.2, 0.25) is 0 Å². The number of morpholine rings is 1. The van der Waals surface area contributed by atoms with Crippen LogP contribution in [0.15, 0.2) is 42.7 Å². The number of nitrogens with zero attached hydrogens (tertiary/aromatic N) is 5. The maximum Gasteiger partial charge on any atom is 0.162 e. The van der Waals surface area contributed by atoms with E-state index in [2.05, 4.69) is 25.9 Å². The highest BCUT2D eigenvalue weighted by molar-refractivity contribution is 5.66. The Hall–Kier alpha value is -3.61. The Kier molecular flexibility index (Phi) is 6.54. The number of aromatic nitrogens is 3. The minimum Gasteiger partial charge on any atom is -0.456 e. The number of aryl methyl sites for hydroxylation is 1. The Morgan fingerprint density at radius 2 is 1.97 bits per heavy atom. The molecule has 32 heavy (non-hydrogen) atoms. The van der Waals surface area contributed by atoms with Crippen LogP contribution >= 0.6 is 0 Å². The zero-order chi connectivity index (χ0) is 22.5. The van der Waals surface area contributed by atoms with Crippen LogP contribution in [0.4, 0.5) is 10.2 Å². The summed E-state index contributed by atoms with van der Waals surface area (Å²) in [4.78, 5) is 15.3. The van der Waals surface area contributed by atoms with Crippen molar-refractivity contribution >= 4 is 5.82 Å². The lowest BCUT2D eigenvalue weighted by Crippen LogP contribution is -2.36. The number of alkyl halides is 1. The molecule has 0 radical (unpaired) electrons. The first-order valence-corrected chi connectivity index (χ1v) is 10.3. The van der Waals surface area contributed by atoms with Crippen molar-refractivity contribution in [3.05, 3.63) is 59.5 Å². The number of rotatable bonds is 6. The molecule has 0 spiro atoms. The topological polar surface area (TPSA) is 110 Å². The van der Waals surface area contributed by atoms with Gasteiger partial charge in [-0.05, 0) is 25.1 Å². The van der Waals surface area contributed by atoms with Gasteiger partial charge in [0.15, 0.2) is 5.82 Å². The number of hydrogen-bond acceptors (Lipinski definition) is 8. The molecule has 2 aromatic heterocycles. The summed E-state index contributed by atoms with van der Waals surface area (Å²) in [6, 6.07) is 10.8. The number of nitriles is 1. The number of nitrogens with two attached hydrogens (primary N) is 1. The lowest BCUT2D eigenvalue weighted by molar-refractivity contribution is 0.122. The van der Waals surface area contributed by atoms with Crippen molar-refractivity contribution in [1.82, 2.24) is 15.0 Å². The Labute approximate surface area is 185 Å². The van der Waals surface area contributed by atoms with Gasteiger partial charge >= 0.3 is 0 Å². The third kappa shape index (κ3) is 4.82. The van der Waals surface area contributed by atoms with E-state index in [0.29, 0.717) is 47.2 Å². The second kappa shape index (κ2) is 9.68. The molecule has 2 N–H and O–H groups in total. The monoisotopic (exact) mass is 434 g/mol.